The maximum absolute atomic E-state index is 14.1. The topological polar surface area (TPSA) is 70.0 Å². The molecule has 6 nitrogen and oxygen atoms in total. The third-order valence-electron chi connectivity index (χ3n) is 5.80. The number of nitrogens with one attached hydrogen (secondary N) is 3. The first-order chi connectivity index (χ1) is 15.1. The Balaban J connectivity index is 1.82. The van der Waals surface area contributed by atoms with Gasteiger partial charge in [0.05, 0.1) is 19.4 Å². The zero-order chi connectivity index (χ0) is 21.8. The van der Waals surface area contributed by atoms with Crippen molar-refractivity contribution in [3.05, 3.63) is 88.0 Å². The van der Waals surface area contributed by atoms with Crippen LogP contribution in [0, 0.1) is 12.1 Å². The molecule has 0 saturated heterocycles. The number of hydroxylamine groups is 2. The third kappa shape index (κ3) is 4.60. The number of aryl methyl sites for hydroxylation is 1. The number of hydrogen-bond donors (Lipinski definition) is 3. The quantitative estimate of drug-likeness (QED) is 0.622. The minimum absolute atomic E-state index is 0.112. The van der Waals surface area contributed by atoms with Crippen LogP contribution >= 0.6 is 11.8 Å². The third-order valence-corrected chi connectivity index (χ3v) is 6.50. The van der Waals surface area contributed by atoms with Gasteiger partial charge in [0.1, 0.15) is 17.5 Å². The molecule has 31 heavy (non-hydrogen) atoms. The Morgan fingerprint density at radius 1 is 1.19 bits per heavy atom. The van der Waals surface area contributed by atoms with Crippen LogP contribution in [0.15, 0.2) is 66.1 Å². The van der Waals surface area contributed by atoms with Crippen molar-refractivity contribution in [1.82, 2.24) is 10.6 Å². The highest BCUT2D eigenvalue weighted by atomic mass is 32.2. The highest BCUT2D eigenvalue weighted by Crippen LogP contribution is 2.27. The summed E-state index contributed by atoms with van der Waals surface area (Å²) in [5.41, 5.74) is 4.47. The largest absolute Gasteiger partial charge is 0.628 e. The number of hydrogen-bond acceptors (Lipinski definition) is 6. The molecular weight excluding hydrogens is 410 g/mol. The van der Waals surface area contributed by atoms with Gasteiger partial charge < -0.3 is 25.1 Å². The second kappa shape index (κ2) is 9.78. The first-order valence-electron chi connectivity index (χ1n) is 10.4. The van der Waals surface area contributed by atoms with E-state index in [9.17, 15) is 5.21 Å². The van der Waals surface area contributed by atoms with E-state index in [1.807, 2.05) is 67.8 Å². The molecule has 0 fully saturated rings. The van der Waals surface area contributed by atoms with Crippen LogP contribution in [0.5, 0.6) is 5.75 Å². The van der Waals surface area contributed by atoms with Crippen LogP contribution in [0.4, 0.5) is 0 Å². The summed E-state index contributed by atoms with van der Waals surface area (Å²) in [4.78, 5) is 0. The van der Waals surface area contributed by atoms with Crippen molar-refractivity contribution < 1.29 is 14.5 Å². The summed E-state index contributed by atoms with van der Waals surface area (Å²) in [5, 5.41) is 20.9. The second-order valence-electron chi connectivity index (χ2n) is 7.68. The Bertz CT molecular complexity index is 992. The summed E-state index contributed by atoms with van der Waals surface area (Å²) in [6.45, 7) is 3.26. The van der Waals surface area contributed by atoms with Gasteiger partial charge in [-0.2, -0.15) is 0 Å². The predicted molar refractivity (Wildman–Crippen MR) is 125 cm³/mol. The minimum Gasteiger partial charge on any atom is -0.628 e. The van der Waals surface area contributed by atoms with E-state index in [2.05, 4.69) is 10.6 Å². The lowest BCUT2D eigenvalue weighted by atomic mass is 9.95. The first-order valence-corrected chi connectivity index (χ1v) is 11.7. The number of quaternary nitrogens is 1. The molecule has 0 bridgehead atoms. The molecule has 0 radical (unpaired) electrons. The number of ether oxygens (including phenoxy) is 2. The Labute approximate surface area is 187 Å². The summed E-state index contributed by atoms with van der Waals surface area (Å²) < 4.78 is 11.9. The van der Waals surface area contributed by atoms with Crippen molar-refractivity contribution in [2.75, 3.05) is 26.6 Å². The molecular formula is C24H29N3O3S. The lowest BCUT2D eigenvalue weighted by Crippen LogP contribution is -3.09. The molecule has 0 aromatic heterocycles. The molecule has 3 atom stereocenters. The molecule has 2 aliphatic heterocycles. The average Bonchev–Trinajstić information content (AvgIpc) is 2.80. The van der Waals surface area contributed by atoms with E-state index in [0.29, 0.717) is 25.5 Å². The molecule has 0 saturated carbocycles. The van der Waals surface area contributed by atoms with Crippen molar-refractivity contribution >= 4 is 17.5 Å². The summed E-state index contributed by atoms with van der Waals surface area (Å²) in [6.07, 6.45) is 4.51. The average molecular weight is 440 g/mol. The zero-order valence-electron chi connectivity index (χ0n) is 18.1. The summed E-state index contributed by atoms with van der Waals surface area (Å²) in [6, 6.07) is 15.6. The standard InChI is InChI=1S/C24H29N3O3S/c1-16-8-4-6-10-18(16)21-13-23(31-3)30-24-19(14-25-15-26-24)20(27(21)28)12-17-9-5-7-11-22(17)29-2/h4-11,13,20,23,25-27H,12,14-15H2,1-3H3/b21-13-. The van der Waals surface area contributed by atoms with Gasteiger partial charge in [0.25, 0.3) is 0 Å². The minimum atomic E-state index is -0.361. The SMILES string of the molecule is COc1ccccc1CC1C2=C(NCNC2)OC(SC)/C=C(/c2ccccc2C)[NH+]1[O-]. The molecule has 2 aromatic carbocycles. The van der Waals surface area contributed by atoms with Crippen LogP contribution < -0.4 is 20.4 Å². The predicted octanol–water partition coefficient (Wildman–Crippen LogP) is 2.42. The van der Waals surface area contributed by atoms with Gasteiger partial charge in [-0.25, -0.2) is 0 Å². The smallest absolute Gasteiger partial charge is 0.195 e. The lowest BCUT2D eigenvalue weighted by Gasteiger charge is -2.39. The molecule has 164 valence electrons. The van der Waals surface area contributed by atoms with Gasteiger partial charge in [0.2, 0.25) is 0 Å². The van der Waals surface area contributed by atoms with Gasteiger partial charge in [-0.15, -0.1) is 11.8 Å². The number of methoxy groups -OCH3 is 1. The van der Waals surface area contributed by atoms with E-state index in [1.165, 1.54) is 0 Å². The van der Waals surface area contributed by atoms with E-state index in [4.69, 9.17) is 9.47 Å². The monoisotopic (exact) mass is 439 g/mol. The van der Waals surface area contributed by atoms with Crippen LogP contribution in [0.2, 0.25) is 0 Å². The van der Waals surface area contributed by atoms with Gasteiger partial charge in [0.15, 0.2) is 11.3 Å². The Hall–Kier alpha value is -2.45. The van der Waals surface area contributed by atoms with Crippen LogP contribution in [0.3, 0.4) is 0 Å². The van der Waals surface area contributed by atoms with Crippen LogP contribution in [-0.4, -0.2) is 38.1 Å². The maximum atomic E-state index is 14.1. The molecule has 0 amide bonds. The van der Waals surface area contributed by atoms with E-state index >= 15 is 0 Å². The molecule has 7 heteroatoms. The molecule has 3 unspecified atom stereocenters. The summed E-state index contributed by atoms with van der Waals surface area (Å²) >= 11 is 1.58. The normalized spacial score (nSPS) is 25.3. The van der Waals surface area contributed by atoms with Crippen molar-refractivity contribution in [3.8, 4) is 5.75 Å². The highest BCUT2D eigenvalue weighted by Gasteiger charge is 2.34. The fourth-order valence-electron chi connectivity index (χ4n) is 4.17. The van der Waals surface area contributed by atoms with E-state index in [-0.39, 0.29) is 16.5 Å². The number of rotatable bonds is 5. The summed E-state index contributed by atoms with van der Waals surface area (Å²) in [7, 11) is 1.66. The highest BCUT2D eigenvalue weighted by molar-refractivity contribution is 7.99. The Morgan fingerprint density at radius 2 is 1.97 bits per heavy atom. The fraction of sp³-hybridized carbons (Fsp3) is 0.333. The molecule has 3 N–H and O–H groups in total. The van der Waals surface area contributed by atoms with Gasteiger partial charge in [-0.3, -0.25) is 5.32 Å². The first kappa shape index (κ1) is 21.8. The van der Waals surface area contributed by atoms with Crippen molar-refractivity contribution in [1.29, 1.82) is 0 Å². The molecule has 4 rings (SSSR count). The van der Waals surface area contributed by atoms with Crippen molar-refractivity contribution in [2.24, 2.45) is 0 Å². The van der Waals surface area contributed by atoms with Gasteiger partial charge in [0, 0.05) is 30.2 Å². The summed E-state index contributed by atoms with van der Waals surface area (Å²) in [5.74, 6) is 1.51. The van der Waals surface area contributed by atoms with Crippen LogP contribution in [0.1, 0.15) is 16.7 Å². The maximum Gasteiger partial charge on any atom is 0.195 e. The second-order valence-corrected chi connectivity index (χ2v) is 8.62. The van der Waals surface area contributed by atoms with Gasteiger partial charge in [-0.05, 0) is 30.9 Å². The number of thioether (sulfide) groups is 1. The molecule has 2 aliphatic rings. The molecule has 2 heterocycles. The van der Waals surface area contributed by atoms with Crippen LogP contribution in [-0.2, 0) is 11.2 Å². The van der Waals surface area contributed by atoms with Gasteiger partial charge >= 0.3 is 0 Å². The van der Waals surface area contributed by atoms with Crippen LogP contribution in [0.25, 0.3) is 5.70 Å². The van der Waals surface area contributed by atoms with Gasteiger partial charge in [-0.1, -0.05) is 36.4 Å². The van der Waals surface area contributed by atoms with E-state index in [0.717, 1.165) is 33.7 Å². The van der Waals surface area contributed by atoms with E-state index < -0.39 is 0 Å². The Kier molecular flexibility index (Phi) is 6.87. The molecule has 2 aromatic rings. The number of para-hydroxylation sites is 1. The zero-order valence-corrected chi connectivity index (χ0v) is 18.9. The Morgan fingerprint density at radius 3 is 2.74 bits per heavy atom. The van der Waals surface area contributed by atoms with Crippen molar-refractivity contribution in [3.63, 3.8) is 0 Å². The fourth-order valence-corrected chi connectivity index (χ4v) is 4.63. The van der Waals surface area contributed by atoms with Crippen molar-refractivity contribution in [2.45, 2.75) is 24.8 Å². The molecule has 0 aliphatic carbocycles. The van der Waals surface area contributed by atoms with E-state index in [1.54, 1.807) is 18.9 Å². The number of benzene rings is 2. The molecule has 0 spiro atoms. The lowest BCUT2D eigenvalue weighted by molar-refractivity contribution is -0.793.